The third-order valence-corrected chi connectivity index (χ3v) is 3.82. The van der Waals surface area contributed by atoms with Crippen LogP contribution in [0.1, 0.15) is 18.2 Å². The maximum absolute atomic E-state index is 12.1. The van der Waals surface area contributed by atoms with E-state index in [4.69, 9.17) is 14.3 Å². The Morgan fingerprint density at radius 1 is 1.27 bits per heavy atom. The number of methoxy groups -OCH3 is 1. The first kappa shape index (κ1) is 17.5. The maximum atomic E-state index is 12.1. The molecule has 0 saturated carbocycles. The summed E-state index contributed by atoms with van der Waals surface area (Å²) in [5.41, 5.74) is 2.15. The molecule has 0 radical (unpaired) electrons. The van der Waals surface area contributed by atoms with Gasteiger partial charge in [-0.25, -0.2) is 4.79 Å². The lowest BCUT2D eigenvalue weighted by Gasteiger charge is -2.07. The van der Waals surface area contributed by atoms with E-state index in [0.717, 1.165) is 5.56 Å². The third-order valence-electron chi connectivity index (χ3n) is 3.82. The van der Waals surface area contributed by atoms with Crippen LogP contribution >= 0.6 is 0 Å². The number of carbonyl (C=O) groups excluding carboxylic acids is 2. The smallest absolute Gasteiger partial charge is 0.368 e. The maximum Gasteiger partial charge on any atom is 0.368 e. The molecule has 0 amide bonds. The van der Waals surface area contributed by atoms with Gasteiger partial charge in [0.1, 0.15) is 18.0 Å². The Labute approximate surface area is 150 Å². The van der Waals surface area contributed by atoms with Crippen molar-refractivity contribution in [3.63, 3.8) is 0 Å². The molecule has 2 heterocycles. The van der Waals surface area contributed by atoms with Crippen LogP contribution in [0.2, 0.25) is 0 Å². The zero-order valence-electron chi connectivity index (χ0n) is 14.5. The molecular weight excluding hydrogens is 336 g/mol. The van der Waals surface area contributed by atoms with E-state index in [1.165, 1.54) is 0 Å². The average Bonchev–Trinajstić information content (AvgIpc) is 3.23. The molecule has 0 spiro atoms. The van der Waals surface area contributed by atoms with Crippen LogP contribution in [0, 0.1) is 0 Å². The quantitative estimate of drug-likeness (QED) is 0.452. The van der Waals surface area contributed by atoms with E-state index in [2.05, 4.69) is 5.16 Å². The van der Waals surface area contributed by atoms with Crippen LogP contribution in [0.15, 0.2) is 53.3 Å². The Morgan fingerprint density at radius 2 is 2.04 bits per heavy atom. The largest absolute Gasteiger partial charge is 0.497 e. The SMILES string of the molecule is CCOC(=O)Cn1cccc1/C=C1\C(=O)ON=C1c1ccc(OC)cc1. The molecule has 1 aromatic heterocycles. The van der Waals surface area contributed by atoms with Gasteiger partial charge in [-0.2, -0.15) is 0 Å². The van der Waals surface area contributed by atoms with Gasteiger partial charge in [-0.15, -0.1) is 0 Å². The van der Waals surface area contributed by atoms with Crippen LogP contribution < -0.4 is 4.74 Å². The number of ether oxygens (including phenoxy) is 2. The Hall–Kier alpha value is -3.35. The van der Waals surface area contributed by atoms with Crippen LogP contribution in [0.25, 0.3) is 6.08 Å². The first-order chi connectivity index (χ1) is 12.6. The second-order valence-corrected chi connectivity index (χ2v) is 5.47. The topological polar surface area (TPSA) is 79.1 Å². The van der Waals surface area contributed by atoms with E-state index in [9.17, 15) is 9.59 Å². The molecular formula is C19H18N2O5. The summed E-state index contributed by atoms with van der Waals surface area (Å²) in [6, 6.07) is 10.7. The van der Waals surface area contributed by atoms with E-state index in [1.807, 2.05) is 0 Å². The van der Waals surface area contributed by atoms with Gasteiger partial charge < -0.3 is 18.9 Å². The molecule has 134 valence electrons. The van der Waals surface area contributed by atoms with Crippen molar-refractivity contribution < 1.29 is 23.9 Å². The van der Waals surface area contributed by atoms with Crippen molar-refractivity contribution in [2.45, 2.75) is 13.5 Å². The van der Waals surface area contributed by atoms with Crippen molar-refractivity contribution in [3.8, 4) is 5.75 Å². The predicted molar refractivity (Wildman–Crippen MR) is 94.7 cm³/mol. The molecule has 3 rings (SSSR count). The second kappa shape index (κ2) is 7.69. The third kappa shape index (κ3) is 3.66. The molecule has 7 heteroatoms. The number of carbonyl (C=O) groups is 2. The van der Waals surface area contributed by atoms with Gasteiger partial charge in [-0.3, -0.25) is 4.79 Å². The lowest BCUT2D eigenvalue weighted by molar-refractivity contribution is -0.143. The molecule has 0 bridgehead atoms. The highest BCUT2D eigenvalue weighted by Gasteiger charge is 2.27. The molecule has 2 aromatic rings. The standard InChI is InChI=1S/C19H18N2O5/c1-3-25-17(22)12-21-10-4-5-14(21)11-16-18(20-26-19(16)23)13-6-8-15(24-2)9-7-13/h4-11H,3,12H2,1-2H3/b16-11-. The minimum Gasteiger partial charge on any atom is -0.497 e. The number of rotatable bonds is 6. The highest BCUT2D eigenvalue weighted by Crippen LogP contribution is 2.22. The fourth-order valence-electron chi connectivity index (χ4n) is 2.56. The van der Waals surface area contributed by atoms with Crippen LogP contribution in [-0.4, -0.2) is 35.9 Å². The number of benzene rings is 1. The Bertz CT molecular complexity index is 878. The van der Waals surface area contributed by atoms with Gasteiger partial charge in [0.15, 0.2) is 0 Å². The van der Waals surface area contributed by atoms with E-state index >= 15 is 0 Å². The summed E-state index contributed by atoms with van der Waals surface area (Å²) >= 11 is 0. The Balaban J connectivity index is 1.89. The first-order valence-electron chi connectivity index (χ1n) is 8.09. The number of esters is 1. The fraction of sp³-hybridized carbons (Fsp3) is 0.211. The number of hydrogen-bond acceptors (Lipinski definition) is 6. The number of oxime groups is 1. The minimum atomic E-state index is -0.542. The molecule has 26 heavy (non-hydrogen) atoms. The highest BCUT2D eigenvalue weighted by atomic mass is 16.7. The zero-order chi connectivity index (χ0) is 18.5. The Kier molecular flexibility index (Phi) is 5.17. The zero-order valence-corrected chi connectivity index (χ0v) is 14.5. The second-order valence-electron chi connectivity index (χ2n) is 5.47. The van der Waals surface area contributed by atoms with E-state index < -0.39 is 5.97 Å². The van der Waals surface area contributed by atoms with E-state index in [-0.39, 0.29) is 12.5 Å². The molecule has 1 aliphatic rings. The summed E-state index contributed by atoms with van der Waals surface area (Å²) in [6.07, 6.45) is 3.39. The molecule has 7 nitrogen and oxygen atoms in total. The van der Waals surface area contributed by atoms with Gasteiger partial charge in [0.2, 0.25) is 0 Å². The summed E-state index contributed by atoms with van der Waals surface area (Å²) < 4.78 is 11.8. The monoisotopic (exact) mass is 354 g/mol. The van der Waals surface area contributed by atoms with Crippen LogP contribution in [0.3, 0.4) is 0 Å². The van der Waals surface area contributed by atoms with Crippen molar-refractivity contribution in [1.29, 1.82) is 0 Å². The number of aromatic nitrogens is 1. The molecule has 0 fully saturated rings. The highest BCUT2D eigenvalue weighted by molar-refractivity contribution is 6.31. The molecule has 1 aromatic carbocycles. The van der Waals surface area contributed by atoms with Gasteiger partial charge in [0, 0.05) is 17.5 Å². The summed E-state index contributed by atoms with van der Waals surface area (Å²) in [4.78, 5) is 28.7. The van der Waals surface area contributed by atoms with Crippen molar-refractivity contribution in [2.75, 3.05) is 13.7 Å². The van der Waals surface area contributed by atoms with Gasteiger partial charge in [-0.05, 0) is 49.4 Å². The summed E-state index contributed by atoms with van der Waals surface area (Å²) in [6.45, 7) is 2.13. The lowest BCUT2D eigenvalue weighted by atomic mass is 10.0. The normalized spacial score (nSPS) is 14.9. The van der Waals surface area contributed by atoms with Crippen molar-refractivity contribution in [3.05, 3.63) is 59.4 Å². The fourth-order valence-corrected chi connectivity index (χ4v) is 2.56. The first-order valence-corrected chi connectivity index (χ1v) is 8.09. The summed E-state index contributed by atoms with van der Waals surface area (Å²) in [5.74, 6) is -0.186. The molecule has 0 aliphatic carbocycles. The number of hydrogen-bond donors (Lipinski definition) is 0. The van der Waals surface area contributed by atoms with E-state index in [1.54, 1.807) is 67.3 Å². The van der Waals surface area contributed by atoms with Crippen LogP contribution in [0.5, 0.6) is 5.75 Å². The molecule has 0 saturated heterocycles. The van der Waals surface area contributed by atoms with Gasteiger partial charge >= 0.3 is 11.9 Å². The average molecular weight is 354 g/mol. The van der Waals surface area contributed by atoms with Gasteiger partial charge in [0.05, 0.1) is 19.3 Å². The van der Waals surface area contributed by atoms with Gasteiger partial charge in [0.25, 0.3) is 0 Å². The number of nitrogens with zero attached hydrogens (tertiary/aromatic N) is 2. The summed E-state index contributed by atoms with van der Waals surface area (Å²) in [5, 5.41) is 3.88. The lowest BCUT2D eigenvalue weighted by Crippen LogP contribution is -2.14. The van der Waals surface area contributed by atoms with Crippen molar-refractivity contribution in [2.24, 2.45) is 5.16 Å². The molecule has 0 atom stereocenters. The molecule has 1 aliphatic heterocycles. The summed E-state index contributed by atoms with van der Waals surface area (Å²) in [7, 11) is 1.58. The van der Waals surface area contributed by atoms with Crippen molar-refractivity contribution >= 4 is 23.7 Å². The molecule has 0 unspecified atom stereocenters. The predicted octanol–water partition coefficient (Wildman–Crippen LogP) is 2.40. The van der Waals surface area contributed by atoms with Crippen LogP contribution in [0.4, 0.5) is 0 Å². The Morgan fingerprint density at radius 3 is 2.73 bits per heavy atom. The minimum absolute atomic E-state index is 0.0595. The van der Waals surface area contributed by atoms with E-state index in [0.29, 0.717) is 29.3 Å². The van der Waals surface area contributed by atoms with Gasteiger partial charge in [-0.1, -0.05) is 5.16 Å². The van der Waals surface area contributed by atoms with Crippen molar-refractivity contribution in [1.82, 2.24) is 4.57 Å². The van der Waals surface area contributed by atoms with Crippen LogP contribution in [-0.2, 0) is 25.7 Å². The molecule has 0 N–H and O–H groups in total.